The first-order valence-electron chi connectivity index (χ1n) is 3.40. The van der Waals surface area contributed by atoms with Gasteiger partial charge in [0.25, 0.3) is 0 Å². The van der Waals surface area contributed by atoms with Crippen LogP contribution >= 0.6 is 0 Å². The van der Waals surface area contributed by atoms with Crippen LogP contribution in [-0.4, -0.2) is 33.9 Å². The van der Waals surface area contributed by atoms with E-state index >= 15 is 0 Å². The number of hydroxylamine groups is 2. The molecule has 0 unspecified atom stereocenters. The number of nitrogens with zero attached hydrogens (tertiary/aromatic N) is 1. The molecule has 0 spiro atoms. The van der Waals surface area contributed by atoms with Crippen molar-refractivity contribution in [2.24, 2.45) is 0 Å². The summed E-state index contributed by atoms with van der Waals surface area (Å²) in [5.41, 5.74) is 0. The summed E-state index contributed by atoms with van der Waals surface area (Å²) in [5.74, 6) is -0.929. The molecule has 0 saturated carbocycles. The minimum absolute atomic E-state index is 0.483. The average Bonchev–Trinajstić information content (AvgIpc) is 1.88. The van der Waals surface area contributed by atoms with Crippen LogP contribution in [0.15, 0.2) is 0 Å². The van der Waals surface area contributed by atoms with Gasteiger partial charge in [-0.2, -0.15) is 5.06 Å². The Morgan fingerprint density at radius 3 is 2.60 bits per heavy atom. The van der Waals surface area contributed by atoms with Crippen molar-refractivity contribution in [3.05, 3.63) is 0 Å². The fourth-order valence-electron chi connectivity index (χ4n) is 1.17. The predicted octanol–water partition coefficient (Wildman–Crippen LogP) is 0.315. The molecule has 0 aromatic rings. The molecule has 2 N–H and O–H groups in total. The quantitative estimate of drug-likeness (QED) is 0.557. The smallest absolute Gasteiger partial charge is 0.323 e. The SMILES string of the molecule is O=C(O)[C@H]1CCCCN1O. The molecule has 1 fully saturated rings. The van der Waals surface area contributed by atoms with Crippen LogP contribution in [0.3, 0.4) is 0 Å². The maximum atomic E-state index is 10.4. The number of carbonyl (C=O) groups is 1. The fraction of sp³-hybridized carbons (Fsp3) is 0.833. The molecule has 0 aliphatic carbocycles. The van der Waals surface area contributed by atoms with Gasteiger partial charge in [-0.05, 0) is 19.3 Å². The molecule has 0 bridgehead atoms. The maximum absolute atomic E-state index is 10.4. The number of aliphatic carboxylic acids is 1. The molecule has 0 aromatic heterocycles. The molecule has 1 aliphatic heterocycles. The van der Waals surface area contributed by atoms with Gasteiger partial charge >= 0.3 is 5.97 Å². The monoisotopic (exact) mass is 145 g/mol. The van der Waals surface area contributed by atoms with Gasteiger partial charge in [0.2, 0.25) is 0 Å². The Kier molecular flexibility index (Phi) is 2.24. The zero-order valence-electron chi connectivity index (χ0n) is 5.66. The Bertz CT molecular complexity index is 137. The molecule has 0 aromatic carbocycles. The first kappa shape index (κ1) is 7.50. The largest absolute Gasteiger partial charge is 0.480 e. The molecular weight excluding hydrogens is 134 g/mol. The van der Waals surface area contributed by atoms with Crippen LogP contribution in [0.1, 0.15) is 19.3 Å². The van der Waals surface area contributed by atoms with Crippen LogP contribution in [0, 0.1) is 0 Å². The van der Waals surface area contributed by atoms with Crippen LogP contribution < -0.4 is 0 Å². The number of carboxylic acids is 1. The highest BCUT2D eigenvalue weighted by molar-refractivity contribution is 5.73. The first-order valence-corrected chi connectivity index (χ1v) is 3.40. The van der Waals surface area contributed by atoms with E-state index in [1.165, 1.54) is 0 Å². The molecule has 1 rings (SSSR count). The second-order valence-electron chi connectivity index (χ2n) is 2.51. The van der Waals surface area contributed by atoms with Gasteiger partial charge in [-0.3, -0.25) is 4.79 Å². The summed E-state index contributed by atoms with van der Waals surface area (Å²) in [5, 5.41) is 18.4. The van der Waals surface area contributed by atoms with Crippen molar-refractivity contribution in [3.8, 4) is 0 Å². The van der Waals surface area contributed by atoms with E-state index < -0.39 is 12.0 Å². The Balaban J connectivity index is 2.47. The lowest BCUT2D eigenvalue weighted by molar-refractivity contribution is -0.176. The Labute approximate surface area is 59.0 Å². The van der Waals surface area contributed by atoms with Crippen molar-refractivity contribution >= 4 is 5.97 Å². The summed E-state index contributed by atoms with van der Waals surface area (Å²) in [4.78, 5) is 10.4. The van der Waals surface area contributed by atoms with Crippen LogP contribution in [0.4, 0.5) is 0 Å². The normalized spacial score (nSPS) is 28.3. The van der Waals surface area contributed by atoms with Gasteiger partial charge in [-0.1, -0.05) is 0 Å². The van der Waals surface area contributed by atoms with Gasteiger partial charge in [0.1, 0.15) is 6.04 Å². The summed E-state index contributed by atoms with van der Waals surface area (Å²) >= 11 is 0. The fourth-order valence-corrected chi connectivity index (χ4v) is 1.17. The minimum Gasteiger partial charge on any atom is -0.480 e. The number of rotatable bonds is 1. The third kappa shape index (κ3) is 1.46. The van der Waals surface area contributed by atoms with Crippen LogP contribution in [0.25, 0.3) is 0 Å². The number of piperidine rings is 1. The third-order valence-electron chi connectivity index (χ3n) is 1.76. The van der Waals surface area contributed by atoms with Crippen molar-refractivity contribution in [1.82, 2.24) is 5.06 Å². The molecular formula is C6H11NO3. The highest BCUT2D eigenvalue weighted by atomic mass is 16.5. The van der Waals surface area contributed by atoms with E-state index in [9.17, 15) is 4.79 Å². The summed E-state index contributed by atoms with van der Waals surface area (Å²) in [7, 11) is 0. The van der Waals surface area contributed by atoms with Crippen molar-refractivity contribution in [1.29, 1.82) is 0 Å². The van der Waals surface area contributed by atoms with Gasteiger partial charge in [0, 0.05) is 6.54 Å². The predicted molar refractivity (Wildman–Crippen MR) is 33.8 cm³/mol. The third-order valence-corrected chi connectivity index (χ3v) is 1.76. The molecule has 1 heterocycles. The van der Waals surface area contributed by atoms with Crippen molar-refractivity contribution in [3.63, 3.8) is 0 Å². The van der Waals surface area contributed by atoms with Crippen LogP contribution in [0.2, 0.25) is 0 Å². The lowest BCUT2D eigenvalue weighted by Crippen LogP contribution is -2.42. The topological polar surface area (TPSA) is 60.8 Å². The zero-order valence-corrected chi connectivity index (χ0v) is 5.66. The van der Waals surface area contributed by atoms with E-state index in [1.54, 1.807) is 0 Å². The molecule has 4 heteroatoms. The standard InChI is InChI=1S/C6H11NO3/c8-6(9)5-3-1-2-4-7(5)10/h5,10H,1-4H2,(H,8,9)/t5-/m1/s1. The molecule has 0 radical (unpaired) electrons. The zero-order chi connectivity index (χ0) is 7.56. The number of hydrogen-bond donors (Lipinski definition) is 2. The lowest BCUT2D eigenvalue weighted by atomic mass is 10.1. The summed E-state index contributed by atoms with van der Waals surface area (Å²) in [6, 6.07) is -0.672. The summed E-state index contributed by atoms with van der Waals surface area (Å²) in [6.07, 6.45) is 2.35. The van der Waals surface area contributed by atoms with E-state index in [1.807, 2.05) is 0 Å². The molecule has 1 saturated heterocycles. The number of carboxylic acid groups (broad SMARTS) is 1. The molecule has 58 valence electrons. The first-order chi connectivity index (χ1) is 4.72. The van der Waals surface area contributed by atoms with Gasteiger partial charge in [0.15, 0.2) is 0 Å². The lowest BCUT2D eigenvalue weighted by Gasteiger charge is -2.26. The van der Waals surface area contributed by atoms with Crippen LogP contribution in [0.5, 0.6) is 0 Å². The van der Waals surface area contributed by atoms with Crippen LogP contribution in [-0.2, 0) is 4.79 Å². The summed E-state index contributed by atoms with van der Waals surface area (Å²) in [6.45, 7) is 0.483. The Hall–Kier alpha value is -0.610. The molecule has 1 atom stereocenters. The van der Waals surface area contributed by atoms with E-state index in [0.717, 1.165) is 17.9 Å². The van der Waals surface area contributed by atoms with Gasteiger partial charge in [-0.15, -0.1) is 0 Å². The van der Waals surface area contributed by atoms with Gasteiger partial charge in [-0.25, -0.2) is 0 Å². The van der Waals surface area contributed by atoms with E-state index in [0.29, 0.717) is 13.0 Å². The van der Waals surface area contributed by atoms with E-state index in [4.69, 9.17) is 10.3 Å². The summed E-state index contributed by atoms with van der Waals surface area (Å²) < 4.78 is 0. The highest BCUT2D eigenvalue weighted by Crippen LogP contribution is 2.14. The van der Waals surface area contributed by atoms with E-state index in [-0.39, 0.29) is 0 Å². The maximum Gasteiger partial charge on any atom is 0.323 e. The Morgan fingerprint density at radius 1 is 1.50 bits per heavy atom. The van der Waals surface area contributed by atoms with Crippen molar-refractivity contribution in [2.45, 2.75) is 25.3 Å². The molecule has 4 nitrogen and oxygen atoms in total. The minimum atomic E-state index is -0.929. The van der Waals surface area contributed by atoms with Crippen molar-refractivity contribution < 1.29 is 15.1 Å². The average molecular weight is 145 g/mol. The second kappa shape index (κ2) is 2.98. The highest BCUT2D eigenvalue weighted by Gasteiger charge is 2.26. The van der Waals surface area contributed by atoms with Gasteiger partial charge < -0.3 is 10.3 Å². The van der Waals surface area contributed by atoms with Crippen molar-refractivity contribution in [2.75, 3.05) is 6.54 Å². The number of hydrogen-bond acceptors (Lipinski definition) is 3. The second-order valence-corrected chi connectivity index (χ2v) is 2.51. The van der Waals surface area contributed by atoms with E-state index in [2.05, 4.69) is 0 Å². The van der Waals surface area contributed by atoms with Gasteiger partial charge in [0.05, 0.1) is 0 Å². The Morgan fingerprint density at radius 2 is 2.20 bits per heavy atom. The molecule has 10 heavy (non-hydrogen) atoms. The molecule has 0 amide bonds. The molecule has 1 aliphatic rings.